The molecule has 0 heterocycles. The van der Waals surface area contributed by atoms with Gasteiger partial charge in [-0.15, -0.1) is 0 Å². The molecular formula is C22H14N4Na2O. The number of aromatic hydroxyl groups is 1. The van der Waals surface area contributed by atoms with Crippen LogP contribution in [0.25, 0.3) is 10.8 Å². The zero-order valence-electron chi connectivity index (χ0n) is 16.2. The van der Waals surface area contributed by atoms with Gasteiger partial charge >= 0.3 is 175 Å². The predicted molar refractivity (Wildman–Crippen MR) is 118 cm³/mol. The fourth-order valence-electron chi connectivity index (χ4n) is 3.24. The van der Waals surface area contributed by atoms with Gasteiger partial charge in [0.05, 0.1) is 0 Å². The van der Waals surface area contributed by atoms with E-state index >= 15 is 0 Å². The van der Waals surface area contributed by atoms with Gasteiger partial charge in [0.15, 0.2) is 0 Å². The van der Waals surface area contributed by atoms with E-state index in [1.54, 1.807) is 6.07 Å². The molecule has 7 heteroatoms. The van der Waals surface area contributed by atoms with Crippen LogP contribution >= 0.6 is 0 Å². The number of hydrogen-bond donors (Lipinski definition) is 1. The molecule has 5 nitrogen and oxygen atoms in total. The van der Waals surface area contributed by atoms with Crippen molar-refractivity contribution in [2.75, 3.05) is 0 Å². The summed E-state index contributed by atoms with van der Waals surface area (Å²) in [5, 5.41) is 29.6. The fraction of sp³-hybridized carbons (Fsp3) is 0. The second kappa shape index (κ2) is 9.30. The van der Waals surface area contributed by atoms with Crippen LogP contribution < -0.4 is 5.63 Å². The molecule has 4 aromatic carbocycles. The number of rotatable bonds is 4. The SMILES string of the molecule is Oc1ccc2c[c]([Na])c[c]([Na])c2c1N=Nc1ccc(N=Nc2ccccc2)cc1. The molecule has 0 radical (unpaired) electrons. The van der Waals surface area contributed by atoms with E-state index in [1.165, 1.54) is 5.63 Å². The molecule has 0 amide bonds. The van der Waals surface area contributed by atoms with E-state index in [4.69, 9.17) is 0 Å². The predicted octanol–water partition coefficient (Wildman–Crippen LogP) is 4.96. The van der Waals surface area contributed by atoms with Gasteiger partial charge < -0.3 is 0 Å². The van der Waals surface area contributed by atoms with Crippen molar-refractivity contribution < 1.29 is 5.11 Å². The quantitative estimate of drug-likeness (QED) is 0.384. The Kier molecular flexibility index (Phi) is 6.55. The molecule has 130 valence electrons. The molecule has 0 saturated heterocycles. The zero-order valence-corrected chi connectivity index (χ0v) is 20.2. The van der Waals surface area contributed by atoms with Crippen LogP contribution in [0.15, 0.2) is 99.3 Å². The minimum absolute atomic E-state index is 0.146. The summed E-state index contributed by atoms with van der Waals surface area (Å²) in [6, 6.07) is 24.9. The third-order valence-corrected chi connectivity index (χ3v) is 5.93. The summed E-state index contributed by atoms with van der Waals surface area (Å²) in [4.78, 5) is 0. The topological polar surface area (TPSA) is 69.7 Å². The van der Waals surface area contributed by atoms with Crippen LogP contribution in [0.4, 0.5) is 22.7 Å². The summed E-state index contributed by atoms with van der Waals surface area (Å²) in [6.07, 6.45) is 0. The van der Waals surface area contributed by atoms with Crippen LogP contribution in [0, 0.1) is 0 Å². The maximum absolute atomic E-state index is 10.3. The Morgan fingerprint density at radius 3 is 1.86 bits per heavy atom. The average molecular weight is 396 g/mol. The van der Waals surface area contributed by atoms with Gasteiger partial charge in [-0.25, -0.2) is 0 Å². The van der Waals surface area contributed by atoms with Crippen LogP contribution in [0.5, 0.6) is 5.75 Å². The summed E-state index contributed by atoms with van der Waals surface area (Å²) in [5.41, 5.74) is 2.76. The Bertz CT molecular complexity index is 1220. The van der Waals surface area contributed by atoms with Crippen LogP contribution in [0.2, 0.25) is 0 Å². The maximum atomic E-state index is 10.3. The number of phenolic OH excluding ortho intramolecular Hbond substituents is 1. The van der Waals surface area contributed by atoms with Crippen molar-refractivity contribution in [3.8, 4) is 5.75 Å². The summed E-state index contributed by atoms with van der Waals surface area (Å²) in [7, 11) is 0. The number of benzene rings is 4. The molecule has 0 spiro atoms. The molecule has 0 atom stereocenters. The van der Waals surface area contributed by atoms with Crippen LogP contribution in [0.3, 0.4) is 0 Å². The molecule has 1 N–H and O–H groups in total. The van der Waals surface area contributed by atoms with Crippen molar-refractivity contribution in [3.63, 3.8) is 0 Å². The molecule has 0 aliphatic rings. The van der Waals surface area contributed by atoms with Gasteiger partial charge in [-0.05, 0) is 12.1 Å². The van der Waals surface area contributed by atoms with Gasteiger partial charge in [-0.1, -0.05) is 18.2 Å². The zero-order chi connectivity index (χ0) is 20.2. The second-order valence-corrected chi connectivity index (χ2v) is 9.10. The van der Waals surface area contributed by atoms with Crippen molar-refractivity contribution >= 4 is 95.0 Å². The van der Waals surface area contributed by atoms with E-state index in [0.29, 0.717) is 11.4 Å². The molecule has 0 saturated carbocycles. The Balaban J connectivity index is 1.60. The van der Waals surface area contributed by atoms with E-state index < -0.39 is 0 Å². The van der Waals surface area contributed by atoms with Crippen molar-refractivity contribution in [3.05, 3.63) is 78.9 Å². The Labute approximate surface area is 203 Å². The van der Waals surface area contributed by atoms with Crippen LogP contribution in [0.1, 0.15) is 0 Å². The summed E-state index contributed by atoms with van der Waals surface area (Å²) in [6.45, 7) is 0. The van der Waals surface area contributed by atoms with Crippen LogP contribution in [-0.4, -0.2) is 61.0 Å². The minimum atomic E-state index is 0.146. The van der Waals surface area contributed by atoms with Gasteiger partial charge in [0.1, 0.15) is 0 Å². The number of nitrogens with zero attached hydrogens (tertiary/aromatic N) is 4. The molecule has 0 aliphatic heterocycles. The first kappa shape index (κ1) is 20.4. The van der Waals surface area contributed by atoms with E-state index in [2.05, 4.69) is 32.6 Å². The molecule has 0 aromatic heterocycles. The van der Waals surface area contributed by atoms with Gasteiger partial charge in [0.25, 0.3) is 0 Å². The Morgan fingerprint density at radius 1 is 0.621 bits per heavy atom. The molecule has 0 bridgehead atoms. The summed E-state index contributed by atoms with van der Waals surface area (Å²) >= 11 is 1.89. The second-order valence-electron chi connectivity index (χ2n) is 6.87. The third kappa shape index (κ3) is 5.01. The van der Waals surface area contributed by atoms with Gasteiger partial charge in [-0.2, -0.15) is 0 Å². The molecule has 0 fully saturated rings. The van der Waals surface area contributed by atoms with Gasteiger partial charge in [0.2, 0.25) is 0 Å². The van der Waals surface area contributed by atoms with E-state index in [1.807, 2.05) is 60.7 Å². The van der Waals surface area contributed by atoms with E-state index in [0.717, 1.165) is 78.0 Å². The molecule has 4 rings (SSSR count). The van der Waals surface area contributed by atoms with Crippen molar-refractivity contribution in [1.29, 1.82) is 0 Å². The van der Waals surface area contributed by atoms with Gasteiger partial charge in [0, 0.05) is 0 Å². The number of phenols is 1. The molecule has 4 aromatic rings. The van der Waals surface area contributed by atoms with Gasteiger partial charge in [-0.3, -0.25) is 0 Å². The first-order valence-corrected chi connectivity index (χ1v) is 11.3. The van der Waals surface area contributed by atoms with Crippen molar-refractivity contribution in [2.24, 2.45) is 20.5 Å². The number of azo groups is 2. The summed E-state index contributed by atoms with van der Waals surface area (Å²) in [5.74, 6) is 0.146. The standard InChI is InChI=1S/C22H14N4O.2Na/c27-21-15-10-16-6-4-5-9-20(16)22(21)26-25-19-13-11-18(12-14-19)24-23-17-7-2-1-3-8-17;;/h1-3,5-8,10-15,27H;;. The molecule has 0 aliphatic carbocycles. The normalized spacial score (nSPS) is 11.7. The first-order valence-electron chi connectivity index (χ1n) is 9.32. The Hall–Kier alpha value is -1.86. The third-order valence-electron chi connectivity index (χ3n) is 4.56. The number of fused-ring (bicyclic) bond motifs is 1. The average Bonchev–Trinajstić information content (AvgIpc) is 2.73. The number of hydrogen-bond acceptors (Lipinski definition) is 5. The Morgan fingerprint density at radius 2 is 1.21 bits per heavy atom. The fourth-order valence-corrected chi connectivity index (χ4v) is 5.54. The monoisotopic (exact) mass is 396 g/mol. The molecule has 0 unspecified atom stereocenters. The van der Waals surface area contributed by atoms with Crippen LogP contribution in [-0.2, 0) is 0 Å². The van der Waals surface area contributed by atoms with Crippen molar-refractivity contribution in [1.82, 2.24) is 0 Å². The van der Waals surface area contributed by atoms with E-state index in [-0.39, 0.29) is 5.75 Å². The molecule has 29 heavy (non-hydrogen) atoms. The molecular weight excluding hydrogens is 382 g/mol. The van der Waals surface area contributed by atoms with E-state index in [9.17, 15) is 5.11 Å². The van der Waals surface area contributed by atoms with Crippen molar-refractivity contribution in [2.45, 2.75) is 0 Å². The first-order chi connectivity index (χ1) is 14.1. The summed E-state index contributed by atoms with van der Waals surface area (Å²) < 4.78 is 2.57.